The molecule has 0 bridgehead atoms. The van der Waals surface area contributed by atoms with E-state index in [2.05, 4.69) is 69.1 Å². The van der Waals surface area contributed by atoms with Crippen LogP contribution in [0, 0.1) is 6.92 Å². The molecule has 2 aromatic rings. The normalized spacial score (nSPS) is 12.2. The molecule has 0 spiro atoms. The SMILES string of the molecule is Cc1cc(OCC(CBr)c2ccccc2)ccc1Br. The average molecular weight is 384 g/mol. The molecular weight excluding hydrogens is 368 g/mol. The fourth-order valence-corrected chi connectivity index (χ4v) is 2.67. The van der Waals surface area contributed by atoms with Crippen LogP contribution in [0.5, 0.6) is 5.75 Å². The monoisotopic (exact) mass is 382 g/mol. The van der Waals surface area contributed by atoms with Gasteiger partial charge >= 0.3 is 0 Å². The second-order valence-corrected chi connectivity index (χ2v) is 5.99. The number of hydrogen-bond donors (Lipinski definition) is 0. The molecule has 0 aromatic heterocycles. The highest BCUT2D eigenvalue weighted by Crippen LogP contribution is 2.24. The van der Waals surface area contributed by atoms with Gasteiger partial charge in [-0.3, -0.25) is 0 Å². The molecule has 0 N–H and O–H groups in total. The molecule has 0 saturated heterocycles. The van der Waals surface area contributed by atoms with Gasteiger partial charge in [0.05, 0.1) is 6.61 Å². The second kappa shape index (κ2) is 7.11. The molecule has 1 nitrogen and oxygen atoms in total. The quantitative estimate of drug-likeness (QED) is 0.635. The highest BCUT2D eigenvalue weighted by Gasteiger charge is 2.10. The lowest BCUT2D eigenvalue weighted by molar-refractivity contribution is 0.298. The van der Waals surface area contributed by atoms with Gasteiger partial charge in [0.15, 0.2) is 0 Å². The fourth-order valence-electron chi connectivity index (χ4n) is 1.86. The summed E-state index contributed by atoms with van der Waals surface area (Å²) >= 11 is 7.06. The number of benzene rings is 2. The second-order valence-electron chi connectivity index (χ2n) is 4.48. The summed E-state index contributed by atoms with van der Waals surface area (Å²) in [5, 5.41) is 0.895. The van der Waals surface area contributed by atoms with E-state index < -0.39 is 0 Å². The fraction of sp³-hybridized carbons (Fsp3) is 0.250. The largest absolute Gasteiger partial charge is 0.493 e. The van der Waals surface area contributed by atoms with Crippen LogP contribution in [-0.2, 0) is 0 Å². The molecule has 0 saturated carbocycles. The smallest absolute Gasteiger partial charge is 0.119 e. The van der Waals surface area contributed by atoms with Gasteiger partial charge in [-0.1, -0.05) is 62.2 Å². The highest BCUT2D eigenvalue weighted by atomic mass is 79.9. The summed E-state index contributed by atoms with van der Waals surface area (Å²) in [4.78, 5) is 0. The number of alkyl halides is 1. The Balaban J connectivity index is 2.02. The molecule has 0 aliphatic heterocycles. The Hall–Kier alpha value is -0.800. The van der Waals surface area contributed by atoms with E-state index in [1.165, 1.54) is 11.1 Å². The van der Waals surface area contributed by atoms with Gasteiger partial charge in [0.25, 0.3) is 0 Å². The Kier molecular flexibility index (Phi) is 5.46. The van der Waals surface area contributed by atoms with Crippen LogP contribution < -0.4 is 4.74 Å². The van der Waals surface area contributed by atoms with Crippen molar-refractivity contribution in [2.75, 3.05) is 11.9 Å². The third kappa shape index (κ3) is 4.08. The van der Waals surface area contributed by atoms with Crippen LogP contribution in [0.15, 0.2) is 53.0 Å². The first-order valence-corrected chi connectivity index (χ1v) is 8.12. The molecule has 19 heavy (non-hydrogen) atoms. The Morgan fingerprint density at radius 2 is 1.84 bits per heavy atom. The molecule has 0 fully saturated rings. The van der Waals surface area contributed by atoms with E-state index in [4.69, 9.17) is 4.74 Å². The van der Waals surface area contributed by atoms with E-state index in [1.54, 1.807) is 0 Å². The van der Waals surface area contributed by atoms with Crippen LogP contribution in [0.4, 0.5) is 0 Å². The van der Waals surface area contributed by atoms with Gasteiger partial charge < -0.3 is 4.74 Å². The maximum absolute atomic E-state index is 5.90. The minimum Gasteiger partial charge on any atom is -0.493 e. The summed E-state index contributed by atoms with van der Waals surface area (Å²) in [6.07, 6.45) is 0. The van der Waals surface area contributed by atoms with Crippen molar-refractivity contribution in [1.82, 2.24) is 0 Å². The zero-order chi connectivity index (χ0) is 13.7. The first kappa shape index (κ1) is 14.6. The van der Waals surface area contributed by atoms with Crippen molar-refractivity contribution in [3.05, 3.63) is 64.1 Å². The molecule has 0 aliphatic carbocycles. The van der Waals surface area contributed by atoms with Crippen LogP contribution in [-0.4, -0.2) is 11.9 Å². The summed E-state index contributed by atoms with van der Waals surface area (Å²) < 4.78 is 7.01. The van der Waals surface area contributed by atoms with Crippen LogP contribution in [0.2, 0.25) is 0 Å². The van der Waals surface area contributed by atoms with Crippen molar-refractivity contribution >= 4 is 31.9 Å². The lowest BCUT2D eigenvalue weighted by Crippen LogP contribution is -2.11. The predicted molar refractivity (Wildman–Crippen MR) is 87.4 cm³/mol. The molecule has 0 aliphatic rings. The van der Waals surface area contributed by atoms with E-state index >= 15 is 0 Å². The number of rotatable bonds is 5. The van der Waals surface area contributed by atoms with Gasteiger partial charge in [-0.15, -0.1) is 0 Å². The van der Waals surface area contributed by atoms with E-state index in [0.717, 1.165) is 15.6 Å². The van der Waals surface area contributed by atoms with Crippen molar-refractivity contribution in [2.45, 2.75) is 12.8 Å². The third-order valence-corrected chi connectivity index (χ3v) is 4.71. The van der Waals surface area contributed by atoms with Crippen molar-refractivity contribution in [1.29, 1.82) is 0 Å². The highest BCUT2D eigenvalue weighted by molar-refractivity contribution is 9.10. The van der Waals surface area contributed by atoms with Crippen molar-refractivity contribution < 1.29 is 4.74 Å². The third-order valence-electron chi connectivity index (χ3n) is 3.04. The molecule has 2 aromatic carbocycles. The van der Waals surface area contributed by atoms with Crippen molar-refractivity contribution in [3.8, 4) is 5.75 Å². The Morgan fingerprint density at radius 1 is 1.11 bits per heavy atom. The van der Waals surface area contributed by atoms with Crippen LogP contribution in [0.3, 0.4) is 0 Å². The van der Waals surface area contributed by atoms with Gasteiger partial charge in [-0.25, -0.2) is 0 Å². The van der Waals surface area contributed by atoms with E-state index in [-0.39, 0.29) is 0 Å². The minimum atomic E-state index is 0.366. The maximum atomic E-state index is 5.90. The Labute approximate surface area is 131 Å². The van der Waals surface area contributed by atoms with Gasteiger partial charge in [0.2, 0.25) is 0 Å². The van der Waals surface area contributed by atoms with Gasteiger partial charge in [0.1, 0.15) is 5.75 Å². The number of hydrogen-bond acceptors (Lipinski definition) is 1. The van der Waals surface area contributed by atoms with Gasteiger partial charge in [-0.2, -0.15) is 0 Å². The van der Waals surface area contributed by atoms with Crippen molar-refractivity contribution in [2.24, 2.45) is 0 Å². The van der Waals surface area contributed by atoms with Crippen LogP contribution in [0.25, 0.3) is 0 Å². The maximum Gasteiger partial charge on any atom is 0.119 e. The standard InChI is InChI=1S/C16H16Br2O/c1-12-9-15(7-8-16(12)18)19-11-14(10-17)13-5-3-2-4-6-13/h2-9,14H,10-11H2,1H3. The minimum absolute atomic E-state index is 0.366. The van der Waals surface area contributed by atoms with Gasteiger partial charge in [-0.05, 0) is 36.2 Å². The molecule has 1 atom stereocenters. The zero-order valence-electron chi connectivity index (χ0n) is 10.8. The topological polar surface area (TPSA) is 9.23 Å². The first-order valence-electron chi connectivity index (χ1n) is 6.20. The lowest BCUT2D eigenvalue weighted by atomic mass is 10.0. The summed E-state index contributed by atoms with van der Waals surface area (Å²) in [5.74, 6) is 1.28. The Bertz CT molecular complexity index is 526. The summed E-state index contributed by atoms with van der Waals surface area (Å²) in [6, 6.07) is 16.5. The van der Waals surface area contributed by atoms with E-state index in [9.17, 15) is 0 Å². The van der Waals surface area contributed by atoms with E-state index in [0.29, 0.717) is 12.5 Å². The molecule has 100 valence electrons. The molecule has 1 unspecified atom stereocenters. The first-order chi connectivity index (χ1) is 9.20. The van der Waals surface area contributed by atoms with Crippen LogP contribution >= 0.6 is 31.9 Å². The van der Waals surface area contributed by atoms with Gasteiger partial charge in [0, 0.05) is 15.7 Å². The van der Waals surface area contributed by atoms with Crippen molar-refractivity contribution in [3.63, 3.8) is 0 Å². The zero-order valence-corrected chi connectivity index (χ0v) is 13.9. The number of ether oxygens (including phenoxy) is 1. The molecule has 0 heterocycles. The molecule has 3 heteroatoms. The number of halogens is 2. The molecule has 0 radical (unpaired) electrons. The average Bonchev–Trinajstić information content (AvgIpc) is 2.44. The Morgan fingerprint density at radius 3 is 2.47 bits per heavy atom. The van der Waals surface area contributed by atoms with E-state index in [1.807, 2.05) is 18.2 Å². The molecular formula is C16H16Br2O. The molecule has 0 amide bonds. The lowest BCUT2D eigenvalue weighted by Gasteiger charge is -2.16. The van der Waals surface area contributed by atoms with Crippen LogP contribution in [0.1, 0.15) is 17.0 Å². The predicted octanol–water partition coefficient (Wildman–Crippen LogP) is 5.32. The summed E-state index contributed by atoms with van der Waals surface area (Å²) in [7, 11) is 0. The molecule has 2 rings (SSSR count). The number of aryl methyl sites for hydroxylation is 1. The summed E-state index contributed by atoms with van der Waals surface area (Å²) in [5.41, 5.74) is 2.49. The summed E-state index contributed by atoms with van der Waals surface area (Å²) in [6.45, 7) is 2.74.